The smallest absolute Gasteiger partial charge is 0.00200 e. The van der Waals surface area contributed by atoms with Crippen molar-refractivity contribution in [3.63, 3.8) is 0 Å². The van der Waals surface area contributed by atoms with E-state index >= 15 is 0 Å². The van der Waals surface area contributed by atoms with Crippen molar-refractivity contribution in [2.75, 3.05) is 6.54 Å². The lowest BCUT2D eigenvalue weighted by atomic mass is 9.37. The van der Waals surface area contributed by atoms with E-state index in [-0.39, 0.29) is 0 Å². The first-order valence-corrected chi connectivity index (χ1v) is 8.25. The van der Waals surface area contributed by atoms with Crippen molar-refractivity contribution >= 4 is 0 Å². The molecule has 0 spiro atoms. The van der Waals surface area contributed by atoms with Crippen LogP contribution in [0.3, 0.4) is 0 Å². The van der Waals surface area contributed by atoms with Crippen LogP contribution < -0.4 is 5.73 Å². The van der Waals surface area contributed by atoms with Gasteiger partial charge in [0.1, 0.15) is 0 Å². The van der Waals surface area contributed by atoms with Crippen molar-refractivity contribution in [3.8, 4) is 0 Å². The second kappa shape index (κ2) is 3.88. The first kappa shape index (κ1) is 12.9. The average molecular weight is 269 g/mol. The molecule has 5 rings (SSSR count). The van der Waals surface area contributed by atoms with E-state index in [9.17, 15) is 0 Å². The Labute approximate surface area is 122 Å². The zero-order chi connectivity index (χ0) is 14.0. The summed E-state index contributed by atoms with van der Waals surface area (Å²) >= 11 is 0. The Morgan fingerprint density at radius 3 is 2.15 bits per heavy atom. The third-order valence-corrected chi connectivity index (χ3v) is 7.27. The third kappa shape index (κ3) is 1.53. The summed E-state index contributed by atoms with van der Waals surface area (Å²) in [4.78, 5) is 0. The predicted molar refractivity (Wildman–Crippen MR) is 83.5 cm³/mol. The van der Waals surface area contributed by atoms with Crippen molar-refractivity contribution in [2.45, 2.75) is 51.4 Å². The summed E-state index contributed by atoms with van der Waals surface area (Å²) in [7, 11) is 0. The Bertz CT molecular complexity index is 498. The maximum Gasteiger partial charge on any atom is -0.00200 e. The van der Waals surface area contributed by atoms with Gasteiger partial charge in [-0.25, -0.2) is 0 Å². The zero-order valence-electron chi connectivity index (χ0n) is 12.9. The van der Waals surface area contributed by atoms with Crippen LogP contribution in [0.5, 0.6) is 0 Å². The van der Waals surface area contributed by atoms with Crippen molar-refractivity contribution in [3.05, 3.63) is 35.9 Å². The van der Waals surface area contributed by atoms with Crippen LogP contribution >= 0.6 is 0 Å². The van der Waals surface area contributed by atoms with Gasteiger partial charge in [0.2, 0.25) is 0 Å². The minimum Gasteiger partial charge on any atom is -0.330 e. The SMILES string of the molecule is CC1(C)C2CC3(CN)CC1CC(c1ccccc1)(C2)C3. The fourth-order valence-corrected chi connectivity index (χ4v) is 6.06. The molecule has 0 aliphatic heterocycles. The van der Waals surface area contributed by atoms with Gasteiger partial charge in [-0.1, -0.05) is 44.2 Å². The van der Waals surface area contributed by atoms with Gasteiger partial charge in [-0.15, -0.1) is 0 Å². The van der Waals surface area contributed by atoms with Gasteiger partial charge >= 0.3 is 0 Å². The van der Waals surface area contributed by atoms with Crippen LogP contribution in [-0.2, 0) is 5.41 Å². The fraction of sp³-hybridized carbons (Fsp3) is 0.684. The third-order valence-electron chi connectivity index (χ3n) is 7.27. The van der Waals surface area contributed by atoms with Crippen LogP contribution in [0, 0.1) is 22.7 Å². The van der Waals surface area contributed by atoms with Crippen LogP contribution in [0.1, 0.15) is 51.5 Å². The van der Waals surface area contributed by atoms with Crippen LogP contribution in [-0.4, -0.2) is 6.54 Å². The lowest BCUT2D eigenvalue weighted by Crippen LogP contribution is -2.62. The number of nitrogens with two attached hydrogens (primary N) is 1. The molecule has 2 atom stereocenters. The standard InChI is InChI=1S/C19H27N/c1-17(2)15-8-18(13-20)9-16(17)11-19(10-15,12-18)14-6-4-3-5-7-14/h3-7,15-16H,8-13,20H2,1-2H3. The monoisotopic (exact) mass is 269 g/mol. The molecule has 0 aromatic heterocycles. The zero-order valence-corrected chi connectivity index (χ0v) is 12.9. The van der Waals surface area contributed by atoms with E-state index in [0.717, 1.165) is 18.4 Å². The molecule has 20 heavy (non-hydrogen) atoms. The minimum atomic E-state index is 0.433. The number of hydrogen-bond donors (Lipinski definition) is 1. The molecule has 4 saturated carbocycles. The lowest BCUT2D eigenvalue weighted by Gasteiger charge is -2.68. The summed E-state index contributed by atoms with van der Waals surface area (Å²) in [6.45, 7) is 5.93. The molecule has 1 nitrogen and oxygen atoms in total. The second-order valence-corrected chi connectivity index (χ2v) is 8.56. The van der Waals surface area contributed by atoms with E-state index in [4.69, 9.17) is 5.73 Å². The molecule has 0 heterocycles. The van der Waals surface area contributed by atoms with Crippen LogP contribution in [0.4, 0.5) is 0 Å². The molecular weight excluding hydrogens is 242 g/mol. The average Bonchev–Trinajstić information content (AvgIpc) is 2.45. The molecule has 1 aromatic rings. The summed E-state index contributed by atoms with van der Waals surface area (Å²) < 4.78 is 0. The Morgan fingerprint density at radius 2 is 1.60 bits per heavy atom. The Balaban J connectivity index is 1.81. The molecule has 4 aliphatic carbocycles. The Kier molecular flexibility index (Phi) is 2.50. The van der Waals surface area contributed by atoms with Gasteiger partial charge in [-0.05, 0) is 72.3 Å². The molecule has 2 unspecified atom stereocenters. The maximum atomic E-state index is 6.25. The van der Waals surface area contributed by atoms with Gasteiger partial charge < -0.3 is 5.73 Å². The van der Waals surface area contributed by atoms with Crippen molar-refractivity contribution in [1.29, 1.82) is 0 Å². The molecule has 1 heteroatoms. The van der Waals surface area contributed by atoms with Gasteiger partial charge in [0.05, 0.1) is 0 Å². The molecule has 1 aromatic carbocycles. The topological polar surface area (TPSA) is 26.0 Å². The fourth-order valence-electron chi connectivity index (χ4n) is 6.06. The maximum absolute atomic E-state index is 6.25. The first-order chi connectivity index (χ1) is 9.50. The minimum absolute atomic E-state index is 0.433. The lowest BCUT2D eigenvalue weighted by molar-refractivity contribution is -0.146. The predicted octanol–water partition coefficient (Wildman–Crippen LogP) is 4.12. The summed E-state index contributed by atoms with van der Waals surface area (Å²) in [6.07, 6.45) is 6.87. The number of benzene rings is 1. The van der Waals surface area contributed by atoms with Crippen molar-refractivity contribution in [1.82, 2.24) is 0 Å². The number of hydrogen-bond acceptors (Lipinski definition) is 1. The largest absolute Gasteiger partial charge is 0.330 e. The molecule has 4 fully saturated rings. The van der Waals surface area contributed by atoms with Gasteiger partial charge in [0.15, 0.2) is 0 Å². The second-order valence-electron chi connectivity index (χ2n) is 8.56. The van der Waals surface area contributed by atoms with E-state index in [2.05, 4.69) is 44.2 Å². The van der Waals surface area contributed by atoms with Gasteiger partial charge in [-0.3, -0.25) is 0 Å². The van der Waals surface area contributed by atoms with Crippen LogP contribution in [0.25, 0.3) is 0 Å². The molecule has 4 aliphatic rings. The van der Waals surface area contributed by atoms with E-state index in [1.165, 1.54) is 32.1 Å². The molecule has 2 N–H and O–H groups in total. The van der Waals surface area contributed by atoms with Crippen LogP contribution in [0.15, 0.2) is 30.3 Å². The quantitative estimate of drug-likeness (QED) is 0.858. The Morgan fingerprint density at radius 1 is 1.00 bits per heavy atom. The summed E-state index contributed by atoms with van der Waals surface area (Å²) in [5.74, 6) is 1.74. The summed E-state index contributed by atoms with van der Waals surface area (Å²) in [5, 5.41) is 0. The van der Waals surface area contributed by atoms with Gasteiger partial charge in [-0.2, -0.15) is 0 Å². The molecule has 0 radical (unpaired) electrons. The van der Waals surface area contributed by atoms with E-state index in [1.54, 1.807) is 5.56 Å². The summed E-state index contributed by atoms with van der Waals surface area (Å²) in [5.41, 5.74) is 9.24. The molecular formula is C19H27N. The molecule has 108 valence electrons. The van der Waals surface area contributed by atoms with E-state index in [1.807, 2.05) is 0 Å². The first-order valence-electron chi connectivity index (χ1n) is 8.25. The summed E-state index contributed by atoms with van der Waals surface area (Å²) in [6, 6.07) is 11.3. The molecule has 0 saturated heterocycles. The van der Waals surface area contributed by atoms with Gasteiger partial charge in [0, 0.05) is 0 Å². The van der Waals surface area contributed by atoms with E-state index in [0.29, 0.717) is 16.2 Å². The molecule has 0 amide bonds. The normalized spacial score (nSPS) is 44.8. The number of rotatable bonds is 2. The van der Waals surface area contributed by atoms with Crippen molar-refractivity contribution < 1.29 is 0 Å². The van der Waals surface area contributed by atoms with Crippen LogP contribution in [0.2, 0.25) is 0 Å². The highest BCUT2D eigenvalue weighted by Crippen LogP contribution is 2.70. The Hall–Kier alpha value is -0.820. The van der Waals surface area contributed by atoms with E-state index < -0.39 is 0 Å². The molecule has 4 bridgehead atoms. The van der Waals surface area contributed by atoms with Crippen molar-refractivity contribution in [2.24, 2.45) is 28.4 Å². The highest BCUT2D eigenvalue weighted by molar-refractivity contribution is 5.31. The van der Waals surface area contributed by atoms with Gasteiger partial charge in [0.25, 0.3) is 0 Å². The highest BCUT2D eigenvalue weighted by atomic mass is 14.7. The highest BCUT2D eigenvalue weighted by Gasteiger charge is 2.63.